The molecule has 0 saturated carbocycles. The van der Waals surface area contributed by atoms with Gasteiger partial charge in [-0.2, -0.15) is 4.31 Å². The Morgan fingerprint density at radius 1 is 1.47 bits per heavy atom. The fourth-order valence-corrected chi connectivity index (χ4v) is 5.42. The van der Waals surface area contributed by atoms with Crippen molar-refractivity contribution < 1.29 is 8.42 Å². The van der Waals surface area contributed by atoms with Gasteiger partial charge in [-0.1, -0.05) is 13.8 Å². The number of nitrogens with zero attached hydrogens (tertiary/aromatic N) is 1. The molecule has 2 rings (SSSR count). The van der Waals surface area contributed by atoms with Gasteiger partial charge in [-0.05, 0) is 43.4 Å². The van der Waals surface area contributed by atoms with Crippen molar-refractivity contribution in [3.05, 3.63) is 17.0 Å². The van der Waals surface area contributed by atoms with Gasteiger partial charge in [0.25, 0.3) is 10.0 Å². The summed E-state index contributed by atoms with van der Waals surface area (Å²) in [4.78, 5) is 1.11. The fraction of sp³-hybridized carbons (Fsp3) is 0.692. The Labute approximate surface area is 119 Å². The molecule has 108 valence electrons. The molecular formula is C13H22N2O2S2. The van der Waals surface area contributed by atoms with E-state index in [1.807, 2.05) is 13.0 Å². The van der Waals surface area contributed by atoms with E-state index < -0.39 is 10.0 Å². The average Bonchev–Trinajstić information content (AvgIpc) is 2.88. The van der Waals surface area contributed by atoms with Gasteiger partial charge in [-0.15, -0.1) is 11.3 Å². The minimum Gasteiger partial charge on any atom is -0.330 e. The van der Waals surface area contributed by atoms with Crippen molar-refractivity contribution in [1.29, 1.82) is 0 Å². The molecule has 1 aliphatic heterocycles. The Morgan fingerprint density at radius 3 is 2.79 bits per heavy atom. The first-order chi connectivity index (χ1) is 8.98. The van der Waals surface area contributed by atoms with Crippen LogP contribution >= 0.6 is 11.3 Å². The normalized spacial score (nSPS) is 25.6. The molecule has 0 spiro atoms. The van der Waals surface area contributed by atoms with Crippen LogP contribution in [0, 0.1) is 11.8 Å². The Balaban J connectivity index is 2.20. The molecule has 2 unspecified atom stereocenters. The minimum atomic E-state index is -3.32. The van der Waals surface area contributed by atoms with Crippen molar-refractivity contribution in [1.82, 2.24) is 4.31 Å². The van der Waals surface area contributed by atoms with Crippen molar-refractivity contribution >= 4 is 21.4 Å². The fourth-order valence-electron chi connectivity index (χ4n) is 2.46. The van der Waals surface area contributed by atoms with Crippen LogP contribution in [0.25, 0.3) is 0 Å². The van der Waals surface area contributed by atoms with Crippen LogP contribution in [-0.2, 0) is 16.4 Å². The molecule has 2 atom stereocenters. The number of sulfonamides is 1. The predicted molar refractivity (Wildman–Crippen MR) is 78.8 cm³/mol. The second-order valence-corrected chi connectivity index (χ2v) is 8.53. The number of rotatable bonds is 4. The second-order valence-electron chi connectivity index (χ2n) is 5.20. The summed E-state index contributed by atoms with van der Waals surface area (Å²) >= 11 is 1.38. The second kappa shape index (κ2) is 5.91. The first-order valence-corrected chi connectivity index (χ1v) is 9.03. The zero-order chi connectivity index (χ0) is 14.0. The summed E-state index contributed by atoms with van der Waals surface area (Å²) in [6.07, 6.45) is 1.77. The maximum atomic E-state index is 12.6. The molecule has 1 aromatic rings. The van der Waals surface area contributed by atoms with E-state index in [9.17, 15) is 8.42 Å². The summed E-state index contributed by atoms with van der Waals surface area (Å²) in [7, 11) is -3.32. The molecule has 1 aliphatic rings. The molecule has 0 aliphatic carbocycles. The minimum absolute atomic E-state index is 0.272. The van der Waals surface area contributed by atoms with Crippen LogP contribution in [0.2, 0.25) is 0 Å². The standard InChI is InChI=1S/C13H22N2O2S2/c1-3-12-4-5-13(18-12)19(16,17)15-7-6-10(2)11(8-14)9-15/h4-5,10-11H,3,6-9,14H2,1-2H3. The largest absolute Gasteiger partial charge is 0.330 e. The zero-order valence-electron chi connectivity index (χ0n) is 11.5. The number of piperidine rings is 1. The summed E-state index contributed by atoms with van der Waals surface area (Å²) in [6.45, 7) is 5.91. The first-order valence-electron chi connectivity index (χ1n) is 6.78. The van der Waals surface area contributed by atoms with Gasteiger partial charge >= 0.3 is 0 Å². The van der Waals surface area contributed by atoms with E-state index in [-0.39, 0.29) is 5.92 Å². The molecule has 0 aromatic carbocycles. The molecule has 1 aromatic heterocycles. The van der Waals surface area contributed by atoms with Gasteiger partial charge in [-0.3, -0.25) is 0 Å². The number of aryl methyl sites for hydroxylation is 1. The van der Waals surface area contributed by atoms with Crippen LogP contribution in [0.3, 0.4) is 0 Å². The summed E-state index contributed by atoms with van der Waals surface area (Å²) in [5, 5.41) is 0. The van der Waals surface area contributed by atoms with Crippen molar-refractivity contribution in [2.45, 2.75) is 30.9 Å². The van der Waals surface area contributed by atoms with Gasteiger partial charge in [0.1, 0.15) is 4.21 Å². The van der Waals surface area contributed by atoms with Gasteiger partial charge in [0, 0.05) is 18.0 Å². The van der Waals surface area contributed by atoms with Crippen LogP contribution in [0.4, 0.5) is 0 Å². The third-order valence-electron chi connectivity index (χ3n) is 3.96. The molecule has 6 heteroatoms. The lowest BCUT2D eigenvalue weighted by molar-refractivity contribution is 0.203. The Hall–Kier alpha value is -0.430. The maximum Gasteiger partial charge on any atom is 0.252 e. The van der Waals surface area contributed by atoms with Gasteiger partial charge < -0.3 is 5.73 Å². The van der Waals surface area contributed by atoms with E-state index in [1.165, 1.54) is 11.3 Å². The third-order valence-corrected chi connectivity index (χ3v) is 7.52. The highest BCUT2D eigenvalue weighted by atomic mass is 32.2. The van der Waals surface area contributed by atoms with Crippen molar-refractivity contribution in [2.24, 2.45) is 17.6 Å². The van der Waals surface area contributed by atoms with Crippen LogP contribution in [0.15, 0.2) is 16.3 Å². The van der Waals surface area contributed by atoms with Crippen LogP contribution in [0.5, 0.6) is 0 Å². The summed E-state index contributed by atoms with van der Waals surface area (Å²) < 4.78 is 27.2. The van der Waals surface area contributed by atoms with Crippen LogP contribution in [0.1, 0.15) is 25.1 Å². The molecule has 0 amide bonds. The molecule has 19 heavy (non-hydrogen) atoms. The lowest BCUT2D eigenvalue weighted by Crippen LogP contribution is -2.45. The lowest BCUT2D eigenvalue weighted by atomic mass is 9.88. The molecule has 4 nitrogen and oxygen atoms in total. The predicted octanol–water partition coefficient (Wildman–Crippen LogP) is 1.92. The SMILES string of the molecule is CCc1ccc(S(=O)(=O)N2CCC(C)C(CN)C2)s1. The number of hydrogen-bond acceptors (Lipinski definition) is 4. The van der Waals surface area contributed by atoms with Crippen molar-refractivity contribution in [3.8, 4) is 0 Å². The van der Waals surface area contributed by atoms with Crippen LogP contribution < -0.4 is 5.73 Å². The molecule has 0 radical (unpaired) electrons. The van der Waals surface area contributed by atoms with Gasteiger partial charge in [-0.25, -0.2) is 8.42 Å². The lowest BCUT2D eigenvalue weighted by Gasteiger charge is -2.35. The first kappa shape index (κ1) is 15.0. The Kier molecular flexibility index (Phi) is 4.66. The molecule has 2 heterocycles. The van der Waals surface area contributed by atoms with E-state index in [0.29, 0.717) is 29.8 Å². The monoisotopic (exact) mass is 302 g/mol. The van der Waals surface area contributed by atoms with Crippen molar-refractivity contribution in [2.75, 3.05) is 19.6 Å². The molecule has 1 saturated heterocycles. The molecular weight excluding hydrogens is 280 g/mol. The average molecular weight is 302 g/mol. The molecule has 1 fully saturated rings. The molecule has 0 bridgehead atoms. The van der Waals surface area contributed by atoms with Gasteiger partial charge in [0.2, 0.25) is 0 Å². The van der Waals surface area contributed by atoms with E-state index in [4.69, 9.17) is 5.73 Å². The Morgan fingerprint density at radius 2 is 2.21 bits per heavy atom. The number of nitrogens with two attached hydrogens (primary N) is 1. The van der Waals surface area contributed by atoms with Crippen molar-refractivity contribution in [3.63, 3.8) is 0 Å². The van der Waals surface area contributed by atoms with Gasteiger partial charge in [0.15, 0.2) is 0 Å². The summed E-state index contributed by atoms with van der Waals surface area (Å²) in [5.74, 6) is 0.778. The topological polar surface area (TPSA) is 63.4 Å². The van der Waals surface area contributed by atoms with E-state index >= 15 is 0 Å². The third kappa shape index (κ3) is 3.02. The zero-order valence-corrected chi connectivity index (χ0v) is 13.1. The highest BCUT2D eigenvalue weighted by Crippen LogP contribution is 2.30. The van der Waals surface area contributed by atoms with E-state index in [1.54, 1.807) is 10.4 Å². The number of hydrogen-bond donors (Lipinski definition) is 1. The van der Waals surface area contributed by atoms with Gasteiger partial charge in [0.05, 0.1) is 0 Å². The highest BCUT2D eigenvalue weighted by molar-refractivity contribution is 7.91. The number of thiophene rings is 1. The smallest absolute Gasteiger partial charge is 0.252 e. The molecule has 2 N–H and O–H groups in total. The summed E-state index contributed by atoms with van der Waals surface area (Å²) in [5.41, 5.74) is 5.74. The Bertz CT molecular complexity index is 525. The van der Waals surface area contributed by atoms with Crippen LogP contribution in [-0.4, -0.2) is 32.4 Å². The summed E-state index contributed by atoms with van der Waals surface area (Å²) in [6, 6.07) is 3.64. The van der Waals surface area contributed by atoms with E-state index in [0.717, 1.165) is 17.7 Å². The van der Waals surface area contributed by atoms with E-state index in [2.05, 4.69) is 6.92 Å². The highest BCUT2D eigenvalue weighted by Gasteiger charge is 2.33. The quantitative estimate of drug-likeness (QED) is 0.924. The maximum absolute atomic E-state index is 12.6.